The van der Waals surface area contributed by atoms with Crippen LogP contribution in [0.3, 0.4) is 0 Å². The van der Waals surface area contributed by atoms with E-state index in [1.54, 1.807) is 23.9 Å². The van der Waals surface area contributed by atoms with Crippen molar-refractivity contribution < 1.29 is 19.1 Å². The average molecular weight is 320 g/mol. The molecular formula is C17H24N2O4. The van der Waals surface area contributed by atoms with Crippen molar-refractivity contribution in [2.75, 3.05) is 7.11 Å². The minimum Gasteiger partial charge on any atom is -0.469 e. The summed E-state index contributed by atoms with van der Waals surface area (Å²) in [6, 6.07) is 1.36. The van der Waals surface area contributed by atoms with E-state index in [1.165, 1.54) is 14.0 Å². The zero-order valence-electron chi connectivity index (χ0n) is 13.9. The molecule has 0 unspecified atom stereocenters. The van der Waals surface area contributed by atoms with Gasteiger partial charge in [-0.3, -0.25) is 14.4 Å². The molecule has 0 radical (unpaired) electrons. The Bertz CT molecular complexity index is 606. The Hall–Kier alpha value is -2.11. The zero-order valence-corrected chi connectivity index (χ0v) is 13.9. The van der Waals surface area contributed by atoms with E-state index in [-0.39, 0.29) is 29.6 Å². The van der Waals surface area contributed by atoms with Crippen LogP contribution in [-0.2, 0) is 16.6 Å². The first-order valence-electron chi connectivity index (χ1n) is 8.00. The lowest BCUT2D eigenvalue weighted by atomic mass is 9.94. The van der Waals surface area contributed by atoms with E-state index >= 15 is 0 Å². The highest BCUT2D eigenvalue weighted by Gasteiger charge is 2.32. The number of methoxy groups -OCH3 is 1. The van der Waals surface area contributed by atoms with Gasteiger partial charge in [-0.1, -0.05) is 19.3 Å². The summed E-state index contributed by atoms with van der Waals surface area (Å²) >= 11 is 0. The summed E-state index contributed by atoms with van der Waals surface area (Å²) in [7, 11) is 3.11. The molecule has 6 nitrogen and oxygen atoms in total. The van der Waals surface area contributed by atoms with Crippen LogP contribution in [-0.4, -0.2) is 35.4 Å². The maximum atomic E-state index is 12.5. The van der Waals surface area contributed by atoms with Gasteiger partial charge in [0.05, 0.1) is 13.0 Å². The van der Waals surface area contributed by atoms with Gasteiger partial charge in [-0.2, -0.15) is 0 Å². The molecule has 0 spiro atoms. The number of carbonyl (C=O) groups excluding carboxylic acids is 3. The molecular weight excluding hydrogens is 296 g/mol. The van der Waals surface area contributed by atoms with E-state index in [0.29, 0.717) is 11.3 Å². The molecule has 2 rings (SSSR count). The number of carbonyl (C=O) groups is 3. The second kappa shape index (κ2) is 7.44. The molecule has 0 aromatic carbocycles. The average Bonchev–Trinajstić information content (AvgIpc) is 2.76. The Kier molecular flexibility index (Phi) is 5.58. The van der Waals surface area contributed by atoms with Gasteiger partial charge < -0.3 is 14.6 Å². The quantitative estimate of drug-likeness (QED) is 0.523. The minimum atomic E-state index is -0.306. The van der Waals surface area contributed by atoms with E-state index < -0.39 is 0 Å². The van der Waals surface area contributed by atoms with Crippen LogP contribution < -0.4 is 5.32 Å². The van der Waals surface area contributed by atoms with Crippen LogP contribution in [0, 0.1) is 5.92 Å². The van der Waals surface area contributed by atoms with Crippen LogP contribution in [0.1, 0.15) is 59.9 Å². The van der Waals surface area contributed by atoms with Gasteiger partial charge in [-0.15, -0.1) is 0 Å². The second-order valence-electron chi connectivity index (χ2n) is 6.13. The van der Waals surface area contributed by atoms with Crippen LogP contribution in [0.5, 0.6) is 0 Å². The molecule has 23 heavy (non-hydrogen) atoms. The Labute approximate surface area is 136 Å². The smallest absolute Gasteiger partial charge is 0.310 e. The van der Waals surface area contributed by atoms with E-state index in [9.17, 15) is 14.4 Å². The second-order valence-corrected chi connectivity index (χ2v) is 6.13. The summed E-state index contributed by atoms with van der Waals surface area (Å²) in [5.41, 5.74) is 0.922. The van der Waals surface area contributed by atoms with Crippen molar-refractivity contribution in [3.63, 3.8) is 0 Å². The molecule has 6 heteroatoms. The number of aryl methyl sites for hydroxylation is 1. The van der Waals surface area contributed by atoms with Crippen LogP contribution in [0.4, 0.5) is 0 Å². The molecule has 0 bridgehead atoms. The van der Waals surface area contributed by atoms with Crippen LogP contribution in [0.15, 0.2) is 12.3 Å². The van der Waals surface area contributed by atoms with E-state index in [0.717, 1.165) is 32.1 Å². The van der Waals surface area contributed by atoms with Gasteiger partial charge in [0.2, 0.25) is 0 Å². The Balaban J connectivity index is 2.16. The van der Waals surface area contributed by atoms with Crippen molar-refractivity contribution in [3.05, 3.63) is 23.5 Å². The van der Waals surface area contributed by atoms with Crippen molar-refractivity contribution in [1.29, 1.82) is 0 Å². The topological polar surface area (TPSA) is 77.4 Å². The molecule has 2 atom stereocenters. The van der Waals surface area contributed by atoms with Crippen molar-refractivity contribution in [3.8, 4) is 0 Å². The number of esters is 1. The maximum absolute atomic E-state index is 12.5. The first kappa shape index (κ1) is 17.2. The predicted molar refractivity (Wildman–Crippen MR) is 85.3 cm³/mol. The number of rotatable bonds is 4. The first-order valence-corrected chi connectivity index (χ1v) is 8.00. The fourth-order valence-corrected chi connectivity index (χ4v) is 3.14. The number of ether oxygens (including phenoxy) is 1. The van der Waals surface area contributed by atoms with Gasteiger partial charge in [0, 0.05) is 24.8 Å². The van der Waals surface area contributed by atoms with Crippen molar-refractivity contribution in [1.82, 2.24) is 9.88 Å². The molecule has 1 aromatic rings. The van der Waals surface area contributed by atoms with E-state index in [4.69, 9.17) is 4.74 Å². The lowest BCUT2D eigenvalue weighted by Gasteiger charge is -2.24. The molecule has 0 saturated heterocycles. The summed E-state index contributed by atoms with van der Waals surface area (Å²) < 4.78 is 6.52. The van der Waals surface area contributed by atoms with Crippen LogP contribution >= 0.6 is 0 Å². The number of nitrogens with one attached hydrogen (secondary N) is 1. The first-order chi connectivity index (χ1) is 10.9. The van der Waals surface area contributed by atoms with Crippen LogP contribution in [0.25, 0.3) is 0 Å². The number of amides is 1. The third kappa shape index (κ3) is 4.00. The molecule has 1 heterocycles. The monoisotopic (exact) mass is 320 g/mol. The zero-order chi connectivity index (χ0) is 17.0. The SMILES string of the molecule is COC(=O)[C@@H]1CCCCC[C@@H]1NC(=O)c1cc(C(C)=O)cn1C. The summed E-state index contributed by atoms with van der Waals surface area (Å²) in [5.74, 6) is -0.921. The molecule has 1 amide bonds. The molecule has 1 saturated carbocycles. The van der Waals surface area contributed by atoms with Gasteiger partial charge in [0.15, 0.2) is 5.78 Å². The summed E-state index contributed by atoms with van der Waals surface area (Å²) in [5, 5.41) is 2.96. The fourth-order valence-electron chi connectivity index (χ4n) is 3.14. The highest BCUT2D eigenvalue weighted by Crippen LogP contribution is 2.25. The number of hydrogen-bond donors (Lipinski definition) is 1. The Morgan fingerprint density at radius 1 is 1.22 bits per heavy atom. The Morgan fingerprint density at radius 2 is 1.91 bits per heavy atom. The number of hydrogen-bond acceptors (Lipinski definition) is 4. The molecule has 1 aliphatic carbocycles. The number of nitrogens with zero attached hydrogens (tertiary/aromatic N) is 1. The number of Topliss-reactive ketones (excluding diaryl/α,β-unsaturated/α-hetero) is 1. The highest BCUT2D eigenvalue weighted by molar-refractivity contribution is 5.99. The molecule has 1 aromatic heterocycles. The normalized spacial score (nSPS) is 21.3. The van der Waals surface area contributed by atoms with Gasteiger partial charge in [-0.05, 0) is 25.8 Å². The minimum absolute atomic E-state index is 0.0819. The summed E-state index contributed by atoms with van der Waals surface area (Å²) in [6.07, 6.45) is 6.12. The van der Waals surface area contributed by atoms with E-state index in [2.05, 4.69) is 5.32 Å². The number of ketones is 1. The summed E-state index contributed by atoms with van der Waals surface area (Å²) in [4.78, 5) is 36.0. The maximum Gasteiger partial charge on any atom is 0.310 e. The standard InChI is InChI=1S/C17H24N2O4/c1-11(20)12-9-15(19(2)10-12)16(21)18-14-8-6-4-5-7-13(14)17(22)23-3/h9-10,13-14H,4-8H2,1-3H3,(H,18,21)/t13-,14+/m1/s1. The largest absolute Gasteiger partial charge is 0.469 e. The lowest BCUT2D eigenvalue weighted by molar-refractivity contribution is -0.146. The molecule has 1 N–H and O–H groups in total. The van der Waals surface area contributed by atoms with Gasteiger partial charge in [0.25, 0.3) is 5.91 Å². The van der Waals surface area contributed by atoms with Gasteiger partial charge in [-0.25, -0.2) is 0 Å². The molecule has 0 aliphatic heterocycles. The number of aromatic nitrogens is 1. The van der Waals surface area contributed by atoms with Crippen LogP contribution in [0.2, 0.25) is 0 Å². The predicted octanol–water partition coefficient (Wildman–Crippen LogP) is 2.08. The third-order valence-electron chi connectivity index (χ3n) is 4.48. The van der Waals surface area contributed by atoms with Crippen molar-refractivity contribution in [2.45, 2.75) is 45.1 Å². The van der Waals surface area contributed by atoms with Crippen molar-refractivity contribution in [2.24, 2.45) is 13.0 Å². The van der Waals surface area contributed by atoms with Gasteiger partial charge in [0.1, 0.15) is 5.69 Å². The summed E-state index contributed by atoms with van der Waals surface area (Å²) in [6.45, 7) is 1.47. The third-order valence-corrected chi connectivity index (χ3v) is 4.48. The molecule has 126 valence electrons. The fraction of sp³-hybridized carbons (Fsp3) is 0.588. The van der Waals surface area contributed by atoms with Gasteiger partial charge >= 0.3 is 5.97 Å². The molecule has 1 fully saturated rings. The van der Waals surface area contributed by atoms with Crippen molar-refractivity contribution >= 4 is 17.7 Å². The van der Waals surface area contributed by atoms with E-state index in [1.807, 2.05) is 0 Å². The highest BCUT2D eigenvalue weighted by atomic mass is 16.5. The Morgan fingerprint density at radius 3 is 2.52 bits per heavy atom. The molecule has 1 aliphatic rings. The lowest BCUT2D eigenvalue weighted by Crippen LogP contribution is -2.43.